The molecule has 1 saturated carbocycles. The zero-order valence-corrected chi connectivity index (χ0v) is 23.6. The fourth-order valence-electron chi connectivity index (χ4n) is 5.55. The molecule has 3 atom stereocenters. The van der Waals surface area contributed by atoms with Gasteiger partial charge in [0.15, 0.2) is 0 Å². The van der Waals surface area contributed by atoms with Crippen LogP contribution in [-0.2, 0) is 0 Å². The highest BCUT2D eigenvalue weighted by Crippen LogP contribution is 2.56. The van der Waals surface area contributed by atoms with Gasteiger partial charge in [0.05, 0.1) is 15.2 Å². The molecular weight excluding hydrogens is 369 g/mol. The Kier molecular flexibility index (Phi) is 6.97. The number of nitrogens with one attached hydrogen (secondary N) is 2. The third-order valence-electron chi connectivity index (χ3n) is 8.45. The first kappa shape index (κ1) is 23.8. The monoisotopic (exact) mass is 416 g/mol. The van der Waals surface area contributed by atoms with Crippen LogP contribution in [0.25, 0.3) is 0 Å². The zero-order valence-electron chi connectivity index (χ0n) is 19.6. The van der Waals surface area contributed by atoms with E-state index in [1.54, 1.807) is 0 Å². The number of rotatable bonds is 6. The van der Waals surface area contributed by atoms with Crippen molar-refractivity contribution in [1.82, 2.24) is 9.96 Å². The molecule has 0 heterocycles. The van der Waals surface area contributed by atoms with E-state index in [4.69, 9.17) is 0 Å². The Labute approximate surface area is 163 Å². The summed E-state index contributed by atoms with van der Waals surface area (Å²) in [5, 5.41) is 0. The summed E-state index contributed by atoms with van der Waals surface area (Å²) in [5.41, 5.74) is 2.26. The summed E-state index contributed by atoms with van der Waals surface area (Å²) in [4.78, 5) is 7.94. The van der Waals surface area contributed by atoms with Gasteiger partial charge in [0.2, 0.25) is 0 Å². The molecule has 2 N–H and O–H groups in total. The second-order valence-electron chi connectivity index (χ2n) is 12.0. The Hall–Kier alpha value is 0.788. The van der Waals surface area contributed by atoms with Crippen LogP contribution in [0.4, 0.5) is 0 Å². The highest BCUT2D eigenvalue weighted by atomic mass is 29.3. The van der Waals surface area contributed by atoms with Gasteiger partial charge in [-0.3, -0.25) is 0 Å². The minimum Gasteiger partial charge on any atom is -0.342 e. The van der Waals surface area contributed by atoms with E-state index in [9.17, 15) is 0 Å². The normalized spacial score (nSPS) is 27.0. The van der Waals surface area contributed by atoms with Crippen molar-refractivity contribution in [2.75, 3.05) is 7.05 Å². The van der Waals surface area contributed by atoms with E-state index in [2.05, 4.69) is 97.1 Å². The van der Waals surface area contributed by atoms with Crippen molar-refractivity contribution < 1.29 is 0 Å². The van der Waals surface area contributed by atoms with Gasteiger partial charge in [-0.1, -0.05) is 72.1 Å². The standard InChI is InChI=1S/C19H48N2Si4/c1-16-17(22(6,7)24(10,11)20-5)14-15-18(16)23(8,9)25(12,13)21-19(2,3)4/h16-18,20-21H,14-15H2,1-13H3. The highest BCUT2D eigenvalue weighted by molar-refractivity contribution is 7.41. The molecule has 3 unspecified atom stereocenters. The van der Waals surface area contributed by atoms with Crippen LogP contribution in [0.3, 0.4) is 0 Å². The maximum atomic E-state index is 4.14. The van der Waals surface area contributed by atoms with Gasteiger partial charge in [-0.05, 0) is 44.8 Å². The highest BCUT2D eigenvalue weighted by Gasteiger charge is 2.57. The molecule has 2 nitrogen and oxygen atoms in total. The van der Waals surface area contributed by atoms with Crippen molar-refractivity contribution in [2.45, 2.75) is 110 Å². The number of hydrogen-bond acceptors (Lipinski definition) is 2. The molecule has 0 spiro atoms. The van der Waals surface area contributed by atoms with Gasteiger partial charge in [-0.15, -0.1) is 0 Å². The van der Waals surface area contributed by atoms with Crippen molar-refractivity contribution in [3.63, 3.8) is 0 Å². The number of hydrogen-bond donors (Lipinski definition) is 2. The lowest BCUT2D eigenvalue weighted by Crippen LogP contribution is -2.71. The lowest BCUT2D eigenvalue weighted by Gasteiger charge is -2.50. The predicted octanol–water partition coefficient (Wildman–Crippen LogP) is 5.75. The molecule has 0 bridgehead atoms. The maximum Gasteiger partial charge on any atom is 0.109 e. The first-order valence-electron chi connectivity index (χ1n) is 10.4. The molecule has 150 valence electrons. The average Bonchev–Trinajstić information content (AvgIpc) is 2.78. The van der Waals surface area contributed by atoms with E-state index < -0.39 is 30.7 Å². The summed E-state index contributed by atoms with van der Waals surface area (Å²) in [6.45, 7) is 30.9. The smallest absolute Gasteiger partial charge is 0.109 e. The van der Waals surface area contributed by atoms with E-state index >= 15 is 0 Å². The van der Waals surface area contributed by atoms with Gasteiger partial charge >= 0.3 is 0 Å². The van der Waals surface area contributed by atoms with Gasteiger partial charge in [-0.25, -0.2) is 0 Å². The van der Waals surface area contributed by atoms with Crippen LogP contribution >= 0.6 is 0 Å². The quantitative estimate of drug-likeness (QED) is 0.539. The lowest BCUT2D eigenvalue weighted by molar-refractivity contribution is 0.514. The minimum atomic E-state index is -1.42. The van der Waals surface area contributed by atoms with E-state index in [0.717, 1.165) is 17.0 Å². The van der Waals surface area contributed by atoms with Crippen LogP contribution < -0.4 is 9.96 Å². The van der Waals surface area contributed by atoms with E-state index in [0.29, 0.717) is 0 Å². The van der Waals surface area contributed by atoms with E-state index in [1.807, 2.05) is 0 Å². The van der Waals surface area contributed by atoms with Gasteiger partial charge < -0.3 is 9.96 Å². The molecule has 6 heteroatoms. The van der Waals surface area contributed by atoms with Crippen molar-refractivity contribution in [2.24, 2.45) is 5.92 Å². The summed E-state index contributed by atoms with van der Waals surface area (Å²) in [5.74, 6) is 0.928. The molecule has 0 aromatic rings. The molecular formula is C19H48N2Si4. The van der Waals surface area contributed by atoms with E-state index in [-0.39, 0.29) is 5.54 Å². The molecule has 0 amide bonds. The average molecular weight is 417 g/mol. The summed E-state index contributed by atoms with van der Waals surface area (Å²) in [6, 6.07) is 0. The summed E-state index contributed by atoms with van der Waals surface area (Å²) >= 11 is 0. The second-order valence-corrected chi connectivity index (χ2v) is 42.8. The minimum absolute atomic E-state index is 0.246. The maximum absolute atomic E-state index is 4.14. The summed E-state index contributed by atoms with van der Waals surface area (Å²) in [7, 11) is -3.04. The SMILES string of the molecule is CN[Si](C)(C)[Si](C)(C)C1CCC([Si](C)(C)[Si](C)(C)NC(C)(C)C)C1C. The molecule has 1 rings (SSSR count). The summed E-state index contributed by atoms with van der Waals surface area (Å²) < 4.78 is 0. The van der Waals surface area contributed by atoms with Gasteiger partial charge in [0, 0.05) is 5.54 Å². The molecule has 25 heavy (non-hydrogen) atoms. The fraction of sp³-hybridized carbons (Fsp3) is 1.00. The fourth-order valence-corrected chi connectivity index (χ4v) is 27.3. The third kappa shape index (κ3) is 4.62. The van der Waals surface area contributed by atoms with Crippen LogP contribution in [0.15, 0.2) is 0 Å². The van der Waals surface area contributed by atoms with Crippen molar-refractivity contribution in [3.05, 3.63) is 0 Å². The Morgan fingerprint density at radius 1 is 0.720 bits per heavy atom. The van der Waals surface area contributed by atoms with Crippen molar-refractivity contribution in [1.29, 1.82) is 0 Å². The molecule has 1 fully saturated rings. The molecule has 1 aliphatic rings. The molecule has 0 aromatic carbocycles. The Morgan fingerprint density at radius 2 is 1.08 bits per heavy atom. The molecule has 0 saturated heterocycles. The zero-order chi connectivity index (χ0) is 20.1. The molecule has 0 aromatic heterocycles. The third-order valence-corrected chi connectivity index (χ3v) is 45.5. The van der Waals surface area contributed by atoms with Crippen LogP contribution in [0, 0.1) is 5.92 Å². The second kappa shape index (κ2) is 7.32. The van der Waals surface area contributed by atoms with Crippen LogP contribution in [0.5, 0.6) is 0 Å². The Bertz CT molecular complexity index is 467. The lowest BCUT2D eigenvalue weighted by atomic mass is 10.1. The molecule has 0 aliphatic heterocycles. The Balaban J connectivity index is 3.10. The van der Waals surface area contributed by atoms with Gasteiger partial charge in [0.25, 0.3) is 0 Å². The van der Waals surface area contributed by atoms with Crippen LogP contribution in [-0.4, -0.2) is 43.3 Å². The first-order chi connectivity index (χ1) is 10.9. The topological polar surface area (TPSA) is 24.1 Å². The largest absolute Gasteiger partial charge is 0.342 e. The van der Waals surface area contributed by atoms with Crippen molar-refractivity contribution >= 4 is 30.7 Å². The van der Waals surface area contributed by atoms with E-state index in [1.165, 1.54) is 12.8 Å². The molecule has 1 aliphatic carbocycles. The van der Waals surface area contributed by atoms with Gasteiger partial charge in [0.1, 0.15) is 15.5 Å². The van der Waals surface area contributed by atoms with Crippen molar-refractivity contribution in [3.8, 4) is 0 Å². The Morgan fingerprint density at radius 3 is 1.40 bits per heavy atom. The van der Waals surface area contributed by atoms with Crippen LogP contribution in [0.1, 0.15) is 40.5 Å². The van der Waals surface area contributed by atoms with Gasteiger partial charge in [-0.2, -0.15) is 0 Å². The summed E-state index contributed by atoms with van der Waals surface area (Å²) in [6.07, 6.45) is 3.00. The molecule has 0 radical (unpaired) electrons. The van der Waals surface area contributed by atoms with Crippen LogP contribution in [0.2, 0.25) is 63.5 Å². The first-order valence-corrected chi connectivity index (χ1v) is 24.5. The predicted molar refractivity (Wildman–Crippen MR) is 128 cm³/mol.